The molecule has 1 rings (SSSR count). The molecule has 1 heterocycles. The third kappa shape index (κ3) is 4.98. The number of rotatable bonds is 7. The van der Waals surface area contributed by atoms with Crippen LogP contribution in [0.4, 0.5) is 0 Å². The minimum absolute atomic E-state index is 0.371. The lowest BCUT2D eigenvalue weighted by atomic mass is 10.2. The van der Waals surface area contributed by atoms with E-state index in [1.807, 2.05) is 13.0 Å². The second-order valence-corrected chi connectivity index (χ2v) is 4.95. The Kier molecular flexibility index (Phi) is 6.25. The van der Waals surface area contributed by atoms with Crippen molar-refractivity contribution < 1.29 is 4.74 Å². The molecule has 0 saturated carbocycles. The van der Waals surface area contributed by atoms with Crippen LogP contribution in [0.1, 0.15) is 31.9 Å². The molecular formula is C11H18ClNOS. The SMILES string of the molecule is CCOCCCNC(C)c1csc(Cl)c1. The molecule has 0 aliphatic carbocycles. The molecule has 0 bridgehead atoms. The lowest BCUT2D eigenvalue weighted by Crippen LogP contribution is -2.20. The number of hydrogen-bond donors (Lipinski definition) is 1. The molecule has 0 fully saturated rings. The average Bonchev–Trinajstić information content (AvgIpc) is 2.64. The molecule has 0 saturated heterocycles. The minimum Gasteiger partial charge on any atom is -0.382 e. The maximum Gasteiger partial charge on any atom is 0.0931 e. The molecule has 4 heteroatoms. The first kappa shape index (κ1) is 13.0. The van der Waals surface area contributed by atoms with E-state index in [0.717, 1.165) is 30.5 Å². The van der Waals surface area contributed by atoms with Gasteiger partial charge in [0.15, 0.2) is 0 Å². The smallest absolute Gasteiger partial charge is 0.0931 e. The van der Waals surface area contributed by atoms with Gasteiger partial charge in [0.25, 0.3) is 0 Å². The van der Waals surface area contributed by atoms with Crippen LogP contribution in [-0.4, -0.2) is 19.8 Å². The van der Waals surface area contributed by atoms with Crippen molar-refractivity contribution >= 4 is 22.9 Å². The van der Waals surface area contributed by atoms with Crippen molar-refractivity contribution in [3.63, 3.8) is 0 Å². The molecule has 2 nitrogen and oxygen atoms in total. The van der Waals surface area contributed by atoms with Gasteiger partial charge in [0.1, 0.15) is 0 Å². The number of thiophene rings is 1. The molecule has 0 aliphatic heterocycles. The van der Waals surface area contributed by atoms with Gasteiger partial charge in [-0.1, -0.05) is 11.6 Å². The fourth-order valence-electron chi connectivity index (χ4n) is 1.31. The van der Waals surface area contributed by atoms with E-state index in [1.54, 1.807) is 11.3 Å². The van der Waals surface area contributed by atoms with E-state index in [-0.39, 0.29) is 0 Å². The zero-order valence-corrected chi connectivity index (χ0v) is 10.8. The van der Waals surface area contributed by atoms with E-state index >= 15 is 0 Å². The fourth-order valence-corrected chi connectivity index (χ4v) is 2.29. The number of halogens is 1. The minimum atomic E-state index is 0.371. The summed E-state index contributed by atoms with van der Waals surface area (Å²) in [7, 11) is 0. The highest BCUT2D eigenvalue weighted by Crippen LogP contribution is 2.24. The third-order valence-electron chi connectivity index (χ3n) is 2.21. The van der Waals surface area contributed by atoms with Crippen LogP contribution in [0, 0.1) is 0 Å². The second kappa shape index (κ2) is 7.23. The van der Waals surface area contributed by atoms with Crippen LogP contribution in [0.25, 0.3) is 0 Å². The van der Waals surface area contributed by atoms with Crippen LogP contribution in [0.3, 0.4) is 0 Å². The van der Waals surface area contributed by atoms with Crippen LogP contribution in [-0.2, 0) is 4.74 Å². The summed E-state index contributed by atoms with van der Waals surface area (Å²) in [6.07, 6.45) is 1.05. The average molecular weight is 248 g/mol. The molecule has 1 N–H and O–H groups in total. The normalized spacial score (nSPS) is 13.0. The number of hydrogen-bond acceptors (Lipinski definition) is 3. The predicted octanol–water partition coefficient (Wildman–Crippen LogP) is 3.48. The van der Waals surface area contributed by atoms with E-state index in [4.69, 9.17) is 16.3 Å². The highest BCUT2D eigenvalue weighted by molar-refractivity contribution is 7.14. The lowest BCUT2D eigenvalue weighted by Gasteiger charge is -2.11. The lowest BCUT2D eigenvalue weighted by molar-refractivity contribution is 0.144. The Morgan fingerprint density at radius 3 is 3.00 bits per heavy atom. The van der Waals surface area contributed by atoms with Gasteiger partial charge in [-0.3, -0.25) is 0 Å². The highest BCUT2D eigenvalue weighted by Gasteiger charge is 2.06. The Morgan fingerprint density at radius 1 is 1.60 bits per heavy atom. The Labute approximate surface area is 101 Å². The summed E-state index contributed by atoms with van der Waals surface area (Å²) < 4.78 is 6.12. The summed E-state index contributed by atoms with van der Waals surface area (Å²) in [5.41, 5.74) is 1.27. The maximum absolute atomic E-state index is 5.88. The van der Waals surface area contributed by atoms with E-state index < -0.39 is 0 Å². The summed E-state index contributed by atoms with van der Waals surface area (Å²) in [4.78, 5) is 0. The number of nitrogens with one attached hydrogen (secondary N) is 1. The Hall–Kier alpha value is -0.0900. The molecule has 0 spiro atoms. The predicted molar refractivity (Wildman–Crippen MR) is 66.9 cm³/mol. The molecule has 1 unspecified atom stereocenters. The van der Waals surface area contributed by atoms with Gasteiger partial charge < -0.3 is 10.1 Å². The molecule has 1 aromatic rings. The van der Waals surface area contributed by atoms with Gasteiger partial charge in [0.05, 0.1) is 4.34 Å². The molecule has 1 atom stereocenters. The van der Waals surface area contributed by atoms with Crippen LogP contribution in [0.2, 0.25) is 4.34 Å². The molecule has 0 aromatic carbocycles. The Balaban J connectivity index is 2.16. The van der Waals surface area contributed by atoms with Crippen LogP contribution >= 0.6 is 22.9 Å². The van der Waals surface area contributed by atoms with Gasteiger partial charge in [-0.25, -0.2) is 0 Å². The van der Waals surface area contributed by atoms with Crippen molar-refractivity contribution in [2.45, 2.75) is 26.3 Å². The van der Waals surface area contributed by atoms with Gasteiger partial charge >= 0.3 is 0 Å². The first-order chi connectivity index (χ1) is 7.24. The van der Waals surface area contributed by atoms with Gasteiger partial charge in [-0.05, 0) is 43.8 Å². The molecular weight excluding hydrogens is 230 g/mol. The maximum atomic E-state index is 5.88. The van der Waals surface area contributed by atoms with Crippen LogP contribution in [0.5, 0.6) is 0 Å². The largest absolute Gasteiger partial charge is 0.382 e. The van der Waals surface area contributed by atoms with Gasteiger partial charge in [-0.2, -0.15) is 0 Å². The van der Waals surface area contributed by atoms with E-state index in [2.05, 4.69) is 17.6 Å². The van der Waals surface area contributed by atoms with E-state index in [0.29, 0.717) is 6.04 Å². The summed E-state index contributed by atoms with van der Waals surface area (Å²) >= 11 is 7.46. The van der Waals surface area contributed by atoms with E-state index in [1.165, 1.54) is 5.56 Å². The standard InChI is InChI=1S/C11H18ClNOS/c1-3-14-6-4-5-13-9(2)10-7-11(12)15-8-10/h7-9,13H,3-6H2,1-2H3. The summed E-state index contributed by atoms with van der Waals surface area (Å²) in [5.74, 6) is 0. The Morgan fingerprint density at radius 2 is 2.40 bits per heavy atom. The van der Waals surface area contributed by atoms with Crippen LogP contribution in [0.15, 0.2) is 11.4 Å². The van der Waals surface area contributed by atoms with Crippen molar-refractivity contribution in [2.24, 2.45) is 0 Å². The van der Waals surface area contributed by atoms with Crippen molar-refractivity contribution in [1.29, 1.82) is 0 Å². The molecule has 0 radical (unpaired) electrons. The Bertz CT molecular complexity index is 277. The van der Waals surface area contributed by atoms with Crippen LogP contribution < -0.4 is 5.32 Å². The summed E-state index contributed by atoms with van der Waals surface area (Å²) in [6, 6.07) is 2.39. The van der Waals surface area contributed by atoms with Crippen molar-refractivity contribution in [1.82, 2.24) is 5.32 Å². The molecule has 1 aromatic heterocycles. The summed E-state index contributed by atoms with van der Waals surface area (Å²) in [6.45, 7) is 6.79. The molecule has 0 amide bonds. The molecule has 0 aliphatic rings. The zero-order chi connectivity index (χ0) is 11.1. The topological polar surface area (TPSA) is 21.3 Å². The fraction of sp³-hybridized carbons (Fsp3) is 0.636. The second-order valence-electron chi connectivity index (χ2n) is 3.41. The van der Waals surface area contributed by atoms with Gasteiger partial charge in [-0.15, -0.1) is 11.3 Å². The first-order valence-electron chi connectivity index (χ1n) is 5.29. The third-order valence-corrected chi connectivity index (χ3v) is 3.32. The highest BCUT2D eigenvalue weighted by atomic mass is 35.5. The quantitative estimate of drug-likeness (QED) is 0.745. The monoisotopic (exact) mass is 247 g/mol. The summed E-state index contributed by atoms with van der Waals surface area (Å²) in [5, 5.41) is 5.54. The molecule has 86 valence electrons. The van der Waals surface area contributed by atoms with Crippen molar-refractivity contribution in [2.75, 3.05) is 19.8 Å². The zero-order valence-electron chi connectivity index (χ0n) is 9.25. The van der Waals surface area contributed by atoms with Gasteiger partial charge in [0, 0.05) is 19.3 Å². The van der Waals surface area contributed by atoms with Gasteiger partial charge in [0.2, 0.25) is 0 Å². The first-order valence-corrected chi connectivity index (χ1v) is 6.55. The molecule has 15 heavy (non-hydrogen) atoms. The number of ether oxygens (including phenoxy) is 1. The van der Waals surface area contributed by atoms with Crippen molar-refractivity contribution in [3.8, 4) is 0 Å². The van der Waals surface area contributed by atoms with E-state index in [9.17, 15) is 0 Å². The van der Waals surface area contributed by atoms with Crippen molar-refractivity contribution in [3.05, 3.63) is 21.3 Å².